The molecule has 0 bridgehead atoms. The SMILES string of the molecule is CCOc1ccc(C(=O)OCC(=O)Nc2ccc(CC)cc2)cc1. The molecule has 2 rings (SSSR count). The van der Waals surface area contributed by atoms with Gasteiger partial charge in [0.25, 0.3) is 5.91 Å². The number of carbonyl (C=O) groups is 2. The molecule has 1 amide bonds. The molecule has 0 aromatic heterocycles. The molecule has 24 heavy (non-hydrogen) atoms. The van der Waals surface area contributed by atoms with Crippen molar-refractivity contribution in [3.05, 3.63) is 59.7 Å². The number of esters is 1. The standard InChI is InChI=1S/C19H21NO4/c1-3-14-5-9-16(10-6-14)20-18(21)13-24-19(22)15-7-11-17(12-8-15)23-4-2/h5-12H,3-4,13H2,1-2H3,(H,20,21). The summed E-state index contributed by atoms with van der Waals surface area (Å²) in [6, 6.07) is 14.1. The minimum Gasteiger partial charge on any atom is -0.494 e. The molecule has 0 aliphatic rings. The molecule has 0 aliphatic carbocycles. The first-order chi connectivity index (χ1) is 11.6. The third-order valence-corrected chi connectivity index (χ3v) is 3.38. The highest BCUT2D eigenvalue weighted by Crippen LogP contribution is 2.13. The first kappa shape index (κ1) is 17.5. The van der Waals surface area contributed by atoms with Crippen LogP contribution in [0.15, 0.2) is 48.5 Å². The van der Waals surface area contributed by atoms with E-state index in [4.69, 9.17) is 9.47 Å². The third-order valence-electron chi connectivity index (χ3n) is 3.38. The number of amides is 1. The third kappa shape index (κ3) is 5.12. The van der Waals surface area contributed by atoms with Crippen LogP contribution in [0.4, 0.5) is 5.69 Å². The Hall–Kier alpha value is -2.82. The van der Waals surface area contributed by atoms with Gasteiger partial charge in [-0.2, -0.15) is 0 Å². The van der Waals surface area contributed by atoms with Crippen LogP contribution in [0.25, 0.3) is 0 Å². The van der Waals surface area contributed by atoms with Gasteiger partial charge in [0, 0.05) is 5.69 Å². The summed E-state index contributed by atoms with van der Waals surface area (Å²) in [5.74, 6) is -0.240. The Morgan fingerprint density at radius 1 is 0.958 bits per heavy atom. The Balaban J connectivity index is 1.82. The monoisotopic (exact) mass is 327 g/mol. The van der Waals surface area contributed by atoms with Gasteiger partial charge in [0.1, 0.15) is 5.75 Å². The summed E-state index contributed by atoms with van der Waals surface area (Å²) >= 11 is 0. The van der Waals surface area contributed by atoms with Crippen LogP contribution in [0.3, 0.4) is 0 Å². The Labute approximate surface area is 141 Å². The first-order valence-electron chi connectivity index (χ1n) is 7.91. The van der Waals surface area contributed by atoms with Crippen molar-refractivity contribution in [2.24, 2.45) is 0 Å². The smallest absolute Gasteiger partial charge is 0.338 e. The fraction of sp³-hybridized carbons (Fsp3) is 0.263. The molecular formula is C19H21NO4. The summed E-state index contributed by atoms with van der Waals surface area (Å²) in [5.41, 5.74) is 2.24. The summed E-state index contributed by atoms with van der Waals surface area (Å²) in [7, 11) is 0. The number of hydrogen-bond donors (Lipinski definition) is 1. The van der Waals surface area contributed by atoms with Crippen LogP contribution >= 0.6 is 0 Å². The summed E-state index contributed by atoms with van der Waals surface area (Å²) < 4.78 is 10.3. The summed E-state index contributed by atoms with van der Waals surface area (Å²) in [6.07, 6.45) is 0.938. The Morgan fingerprint density at radius 3 is 2.21 bits per heavy atom. The molecule has 1 N–H and O–H groups in total. The number of rotatable bonds is 7. The van der Waals surface area contributed by atoms with Crippen LogP contribution in [-0.2, 0) is 16.0 Å². The van der Waals surface area contributed by atoms with Crippen molar-refractivity contribution in [2.45, 2.75) is 20.3 Å². The molecule has 0 radical (unpaired) electrons. The van der Waals surface area contributed by atoms with Crippen LogP contribution in [0.5, 0.6) is 5.75 Å². The van der Waals surface area contributed by atoms with Crippen molar-refractivity contribution < 1.29 is 19.1 Å². The summed E-state index contributed by atoms with van der Waals surface area (Å²) in [6.45, 7) is 4.18. The molecule has 0 aliphatic heterocycles. The molecule has 0 saturated heterocycles. The van der Waals surface area contributed by atoms with Crippen LogP contribution in [0, 0.1) is 0 Å². The van der Waals surface area contributed by atoms with E-state index in [1.807, 2.05) is 31.2 Å². The van der Waals surface area contributed by atoms with Gasteiger partial charge in [-0.1, -0.05) is 19.1 Å². The molecule has 2 aromatic rings. The second kappa shape index (κ2) is 8.72. The first-order valence-corrected chi connectivity index (χ1v) is 7.91. The number of aryl methyl sites for hydroxylation is 1. The normalized spacial score (nSPS) is 10.1. The second-order valence-corrected chi connectivity index (χ2v) is 5.13. The molecule has 0 fully saturated rings. The number of ether oxygens (including phenoxy) is 2. The van der Waals surface area contributed by atoms with E-state index in [1.54, 1.807) is 24.3 Å². The molecule has 0 atom stereocenters. The fourth-order valence-corrected chi connectivity index (χ4v) is 2.09. The number of benzene rings is 2. The van der Waals surface area contributed by atoms with E-state index in [0.717, 1.165) is 6.42 Å². The predicted molar refractivity (Wildman–Crippen MR) is 92.3 cm³/mol. The number of anilines is 1. The maximum Gasteiger partial charge on any atom is 0.338 e. The molecule has 0 unspecified atom stereocenters. The molecule has 0 heterocycles. The van der Waals surface area contributed by atoms with Crippen molar-refractivity contribution in [3.63, 3.8) is 0 Å². The Morgan fingerprint density at radius 2 is 1.62 bits per heavy atom. The van der Waals surface area contributed by atoms with Crippen LogP contribution in [-0.4, -0.2) is 25.1 Å². The summed E-state index contributed by atoms with van der Waals surface area (Å²) in [5, 5.41) is 2.69. The largest absolute Gasteiger partial charge is 0.494 e. The fourth-order valence-electron chi connectivity index (χ4n) is 2.09. The minimum atomic E-state index is -0.547. The number of carbonyl (C=O) groups excluding carboxylic acids is 2. The van der Waals surface area contributed by atoms with E-state index < -0.39 is 5.97 Å². The van der Waals surface area contributed by atoms with Crippen molar-refractivity contribution in [1.82, 2.24) is 0 Å². The molecule has 0 saturated carbocycles. The number of hydrogen-bond acceptors (Lipinski definition) is 4. The molecule has 126 valence electrons. The highest BCUT2D eigenvalue weighted by molar-refractivity contribution is 5.95. The molecule has 0 spiro atoms. The molecular weight excluding hydrogens is 306 g/mol. The van der Waals surface area contributed by atoms with Gasteiger partial charge in [-0.3, -0.25) is 4.79 Å². The van der Waals surface area contributed by atoms with Crippen molar-refractivity contribution >= 4 is 17.6 Å². The second-order valence-electron chi connectivity index (χ2n) is 5.13. The van der Waals surface area contributed by atoms with Gasteiger partial charge < -0.3 is 14.8 Å². The highest BCUT2D eigenvalue weighted by atomic mass is 16.5. The van der Waals surface area contributed by atoms with E-state index >= 15 is 0 Å². The van der Waals surface area contributed by atoms with Crippen LogP contribution < -0.4 is 10.1 Å². The molecule has 2 aromatic carbocycles. The van der Waals surface area contributed by atoms with Gasteiger partial charge in [-0.15, -0.1) is 0 Å². The van der Waals surface area contributed by atoms with Gasteiger partial charge in [0.05, 0.1) is 12.2 Å². The molecule has 5 nitrogen and oxygen atoms in total. The van der Waals surface area contributed by atoms with Gasteiger partial charge >= 0.3 is 5.97 Å². The van der Waals surface area contributed by atoms with Crippen LogP contribution in [0.1, 0.15) is 29.8 Å². The van der Waals surface area contributed by atoms with Crippen molar-refractivity contribution in [1.29, 1.82) is 0 Å². The van der Waals surface area contributed by atoms with Gasteiger partial charge in [0.15, 0.2) is 6.61 Å². The lowest BCUT2D eigenvalue weighted by molar-refractivity contribution is -0.119. The van der Waals surface area contributed by atoms with Crippen LogP contribution in [0.2, 0.25) is 0 Å². The zero-order chi connectivity index (χ0) is 17.4. The zero-order valence-electron chi connectivity index (χ0n) is 13.9. The lowest BCUT2D eigenvalue weighted by Gasteiger charge is -2.08. The van der Waals surface area contributed by atoms with Gasteiger partial charge in [0.2, 0.25) is 0 Å². The van der Waals surface area contributed by atoms with E-state index in [2.05, 4.69) is 12.2 Å². The average molecular weight is 327 g/mol. The zero-order valence-corrected chi connectivity index (χ0v) is 13.9. The maximum atomic E-state index is 11.9. The van der Waals surface area contributed by atoms with E-state index in [-0.39, 0.29) is 12.5 Å². The summed E-state index contributed by atoms with van der Waals surface area (Å²) in [4.78, 5) is 23.7. The highest BCUT2D eigenvalue weighted by Gasteiger charge is 2.10. The Kier molecular flexibility index (Phi) is 6.37. The van der Waals surface area contributed by atoms with E-state index in [9.17, 15) is 9.59 Å². The number of nitrogens with one attached hydrogen (secondary N) is 1. The maximum absolute atomic E-state index is 11.9. The average Bonchev–Trinajstić information content (AvgIpc) is 2.61. The van der Waals surface area contributed by atoms with Crippen molar-refractivity contribution in [3.8, 4) is 5.75 Å². The molecule has 5 heteroatoms. The van der Waals surface area contributed by atoms with E-state index in [1.165, 1.54) is 5.56 Å². The van der Waals surface area contributed by atoms with Gasteiger partial charge in [-0.05, 0) is 55.3 Å². The lowest BCUT2D eigenvalue weighted by atomic mass is 10.1. The minimum absolute atomic E-state index is 0.332. The quantitative estimate of drug-likeness (QED) is 0.791. The topological polar surface area (TPSA) is 64.6 Å². The predicted octanol–water partition coefficient (Wildman–Crippen LogP) is 3.44. The van der Waals surface area contributed by atoms with Crippen molar-refractivity contribution in [2.75, 3.05) is 18.5 Å². The Bertz CT molecular complexity index is 678. The van der Waals surface area contributed by atoms with E-state index in [0.29, 0.717) is 23.6 Å². The lowest BCUT2D eigenvalue weighted by Crippen LogP contribution is -2.20. The van der Waals surface area contributed by atoms with Gasteiger partial charge in [-0.25, -0.2) is 4.79 Å².